The molecule has 1 amide bonds. The van der Waals surface area contributed by atoms with Crippen molar-refractivity contribution in [2.75, 3.05) is 18.4 Å². The third-order valence-electron chi connectivity index (χ3n) is 3.86. The predicted octanol–water partition coefficient (Wildman–Crippen LogP) is 4.79. The number of rotatable bonds is 10. The van der Waals surface area contributed by atoms with E-state index in [1.165, 1.54) is 19.4 Å². The summed E-state index contributed by atoms with van der Waals surface area (Å²) >= 11 is 0. The standard InChI is InChI=1S/C16H17NO2.C6H15N/c1-2-13-8-9-16(15(10-13)17-12-18)19-11-14-6-4-3-5-7-14;1-3-5-6-7-4-2/h3-10,12H,2,11H2,1H3,(H,17,18);7H,3-6H2,1-2H3. The number of hydrogen-bond donors (Lipinski definition) is 2. The summed E-state index contributed by atoms with van der Waals surface area (Å²) in [7, 11) is 0. The summed E-state index contributed by atoms with van der Waals surface area (Å²) < 4.78 is 5.75. The summed E-state index contributed by atoms with van der Waals surface area (Å²) in [5.41, 5.74) is 2.97. The van der Waals surface area contributed by atoms with Crippen molar-refractivity contribution in [3.8, 4) is 5.75 Å². The van der Waals surface area contributed by atoms with Gasteiger partial charge in [0.15, 0.2) is 0 Å². The van der Waals surface area contributed by atoms with Gasteiger partial charge in [-0.05, 0) is 49.2 Å². The van der Waals surface area contributed by atoms with Gasteiger partial charge >= 0.3 is 0 Å². The molecule has 142 valence electrons. The first-order chi connectivity index (χ1) is 12.7. The zero-order valence-corrected chi connectivity index (χ0v) is 16.3. The van der Waals surface area contributed by atoms with Crippen LogP contribution >= 0.6 is 0 Å². The summed E-state index contributed by atoms with van der Waals surface area (Å²) in [5.74, 6) is 0.688. The molecule has 0 fully saturated rings. The van der Waals surface area contributed by atoms with Crippen molar-refractivity contribution >= 4 is 12.1 Å². The molecule has 2 N–H and O–H groups in total. The molecule has 2 rings (SSSR count). The number of nitrogens with one attached hydrogen (secondary N) is 2. The molecule has 0 saturated carbocycles. The molecular weight excluding hydrogens is 324 g/mol. The minimum Gasteiger partial charge on any atom is -0.487 e. The molecule has 0 aromatic heterocycles. The van der Waals surface area contributed by atoms with Gasteiger partial charge in [-0.2, -0.15) is 0 Å². The van der Waals surface area contributed by atoms with Gasteiger partial charge in [0.25, 0.3) is 0 Å². The molecule has 4 heteroatoms. The zero-order valence-electron chi connectivity index (χ0n) is 16.3. The first kappa shape index (κ1) is 21.7. The molecule has 0 radical (unpaired) electrons. The molecule has 0 aliphatic rings. The number of carbonyl (C=O) groups excluding carboxylic acids is 1. The molecular formula is C22H32N2O2. The van der Waals surface area contributed by atoms with E-state index in [1.54, 1.807) is 0 Å². The van der Waals surface area contributed by atoms with E-state index in [2.05, 4.69) is 31.4 Å². The molecule has 2 aromatic rings. The van der Waals surface area contributed by atoms with Crippen LogP contribution in [0.5, 0.6) is 5.75 Å². The third kappa shape index (κ3) is 8.67. The maximum Gasteiger partial charge on any atom is 0.211 e. The summed E-state index contributed by atoms with van der Waals surface area (Å²) in [6.45, 7) is 9.20. The van der Waals surface area contributed by atoms with E-state index in [-0.39, 0.29) is 0 Å². The maximum atomic E-state index is 10.6. The van der Waals surface area contributed by atoms with Crippen molar-refractivity contribution in [2.24, 2.45) is 0 Å². The van der Waals surface area contributed by atoms with Crippen LogP contribution in [0.1, 0.15) is 44.7 Å². The first-order valence-electron chi connectivity index (χ1n) is 9.45. The van der Waals surface area contributed by atoms with Crippen LogP contribution in [0, 0.1) is 0 Å². The minimum atomic E-state index is 0.486. The number of aryl methyl sites for hydroxylation is 1. The molecule has 0 aliphatic carbocycles. The monoisotopic (exact) mass is 356 g/mol. The lowest BCUT2D eigenvalue weighted by molar-refractivity contribution is -0.105. The normalized spacial score (nSPS) is 9.81. The molecule has 4 nitrogen and oxygen atoms in total. The van der Waals surface area contributed by atoms with E-state index in [0.717, 1.165) is 24.1 Å². The number of anilines is 1. The van der Waals surface area contributed by atoms with Crippen LogP contribution in [0.15, 0.2) is 48.5 Å². The number of hydrogen-bond acceptors (Lipinski definition) is 3. The number of unbranched alkanes of at least 4 members (excludes halogenated alkanes) is 1. The Morgan fingerprint density at radius 1 is 1.00 bits per heavy atom. The van der Waals surface area contributed by atoms with Crippen LogP contribution in [-0.4, -0.2) is 19.5 Å². The number of benzene rings is 2. The Kier molecular flexibility index (Phi) is 11.6. The summed E-state index contributed by atoms with van der Waals surface area (Å²) in [6, 6.07) is 15.8. The van der Waals surface area contributed by atoms with Crippen LogP contribution in [0.4, 0.5) is 5.69 Å². The Labute approximate surface area is 158 Å². The number of carbonyl (C=O) groups is 1. The van der Waals surface area contributed by atoms with Crippen LogP contribution in [-0.2, 0) is 17.8 Å². The van der Waals surface area contributed by atoms with Crippen LogP contribution in [0.3, 0.4) is 0 Å². The molecule has 0 atom stereocenters. The summed E-state index contributed by atoms with van der Waals surface area (Å²) in [6.07, 6.45) is 4.21. The highest BCUT2D eigenvalue weighted by atomic mass is 16.5. The van der Waals surface area contributed by atoms with Crippen molar-refractivity contribution < 1.29 is 9.53 Å². The average molecular weight is 357 g/mol. The van der Waals surface area contributed by atoms with Crippen molar-refractivity contribution in [2.45, 2.75) is 46.6 Å². The lowest BCUT2D eigenvalue weighted by Gasteiger charge is -2.12. The Balaban J connectivity index is 0.000000412. The molecule has 0 bridgehead atoms. The van der Waals surface area contributed by atoms with E-state index < -0.39 is 0 Å². The Bertz CT molecular complexity index is 611. The Hall–Kier alpha value is -2.33. The van der Waals surface area contributed by atoms with Crippen molar-refractivity contribution in [3.05, 3.63) is 59.7 Å². The number of amides is 1. The molecule has 0 heterocycles. The van der Waals surface area contributed by atoms with Crippen molar-refractivity contribution in [3.63, 3.8) is 0 Å². The largest absolute Gasteiger partial charge is 0.487 e. The third-order valence-corrected chi connectivity index (χ3v) is 3.86. The molecule has 0 saturated heterocycles. The lowest BCUT2D eigenvalue weighted by Crippen LogP contribution is -2.13. The summed E-state index contributed by atoms with van der Waals surface area (Å²) in [4.78, 5) is 10.6. The fraction of sp³-hybridized carbons (Fsp3) is 0.409. The second kappa shape index (κ2) is 13.9. The second-order valence-electron chi connectivity index (χ2n) is 5.93. The van der Waals surface area contributed by atoms with E-state index >= 15 is 0 Å². The fourth-order valence-electron chi connectivity index (χ4n) is 2.31. The lowest BCUT2D eigenvalue weighted by atomic mass is 10.1. The van der Waals surface area contributed by atoms with E-state index in [1.807, 2.05) is 48.5 Å². The first-order valence-corrected chi connectivity index (χ1v) is 9.45. The molecule has 26 heavy (non-hydrogen) atoms. The smallest absolute Gasteiger partial charge is 0.211 e. The fourth-order valence-corrected chi connectivity index (χ4v) is 2.31. The van der Waals surface area contributed by atoms with Crippen LogP contribution in [0.25, 0.3) is 0 Å². The van der Waals surface area contributed by atoms with Gasteiger partial charge in [0.2, 0.25) is 6.41 Å². The number of ether oxygens (including phenoxy) is 1. The van der Waals surface area contributed by atoms with Crippen LogP contribution < -0.4 is 15.4 Å². The predicted molar refractivity (Wildman–Crippen MR) is 110 cm³/mol. The van der Waals surface area contributed by atoms with Gasteiger partial charge < -0.3 is 15.4 Å². The van der Waals surface area contributed by atoms with Gasteiger partial charge in [-0.15, -0.1) is 0 Å². The topological polar surface area (TPSA) is 50.4 Å². The van der Waals surface area contributed by atoms with E-state index in [4.69, 9.17) is 4.74 Å². The van der Waals surface area contributed by atoms with Crippen molar-refractivity contribution in [1.82, 2.24) is 5.32 Å². The SMILES string of the molecule is CCCCNCC.CCc1ccc(OCc2ccccc2)c(NC=O)c1. The van der Waals surface area contributed by atoms with Gasteiger partial charge in [0.1, 0.15) is 12.4 Å². The maximum absolute atomic E-state index is 10.6. The quantitative estimate of drug-likeness (QED) is 0.475. The highest BCUT2D eigenvalue weighted by molar-refractivity contribution is 5.75. The highest BCUT2D eigenvalue weighted by Crippen LogP contribution is 2.26. The van der Waals surface area contributed by atoms with Gasteiger partial charge in [0.05, 0.1) is 5.69 Å². The van der Waals surface area contributed by atoms with Gasteiger partial charge in [-0.25, -0.2) is 0 Å². The second-order valence-corrected chi connectivity index (χ2v) is 5.93. The Morgan fingerprint density at radius 2 is 1.77 bits per heavy atom. The van der Waals surface area contributed by atoms with Gasteiger partial charge in [-0.1, -0.05) is 63.6 Å². The minimum absolute atomic E-state index is 0.486. The molecule has 0 unspecified atom stereocenters. The van der Waals surface area contributed by atoms with Gasteiger partial charge in [-0.3, -0.25) is 4.79 Å². The highest BCUT2D eigenvalue weighted by Gasteiger charge is 2.04. The zero-order chi connectivity index (χ0) is 19.0. The molecule has 0 spiro atoms. The summed E-state index contributed by atoms with van der Waals surface area (Å²) in [5, 5.41) is 5.93. The van der Waals surface area contributed by atoms with Gasteiger partial charge in [0, 0.05) is 0 Å². The Morgan fingerprint density at radius 3 is 2.38 bits per heavy atom. The molecule has 2 aromatic carbocycles. The van der Waals surface area contributed by atoms with E-state index in [9.17, 15) is 4.79 Å². The van der Waals surface area contributed by atoms with Crippen molar-refractivity contribution in [1.29, 1.82) is 0 Å². The van der Waals surface area contributed by atoms with Crippen LogP contribution in [0.2, 0.25) is 0 Å². The van der Waals surface area contributed by atoms with E-state index in [0.29, 0.717) is 24.5 Å². The molecule has 0 aliphatic heterocycles. The average Bonchev–Trinajstić information content (AvgIpc) is 2.69.